The average molecular weight is 553 g/mol. The Balaban J connectivity index is 1.54. The van der Waals surface area contributed by atoms with Crippen molar-refractivity contribution >= 4 is 21.9 Å². The molecule has 206 valence electrons. The van der Waals surface area contributed by atoms with E-state index >= 15 is 0 Å². The summed E-state index contributed by atoms with van der Waals surface area (Å²) in [6.07, 6.45) is 4.16. The molecule has 4 aromatic rings. The fourth-order valence-corrected chi connectivity index (χ4v) is 5.89. The molecule has 0 fully saturated rings. The molecule has 0 amide bonds. The molecule has 0 aliphatic heterocycles. The first kappa shape index (κ1) is 28.0. The lowest BCUT2D eigenvalue weighted by molar-refractivity contribution is -0.270. The van der Waals surface area contributed by atoms with Crippen molar-refractivity contribution in [2.24, 2.45) is 0 Å². The van der Waals surface area contributed by atoms with Crippen molar-refractivity contribution in [3.63, 3.8) is 0 Å². The van der Waals surface area contributed by atoms with Crippen LogP contribution in [0.1, 0.15) is 12.0 Å². The molecule has 0 spiro atoms. The predicted octanol–water partition coefficient (Wildman–Crippen LogP) is 3.63. The number of aromatic nitrogens is 2. The topological polar surface area (TPSA) is 104 Å². The summed E-state index contributed by atoms with van der Waals surface area (Å²) in [5, 5.41) is 13.8. The fraction of sp³-hybridized carbons (Fsp3) is 0.310. The van der Waals surface area contributed by atoms with Crippen LogP contribution >= 0.6 is 0 Å². The molecule has 4 rings (SSSR count). The minimum absolute atomic E-state index is 0.259. The highest BCUT2D eigenvalue weighted by Crippen LogP contribution is 2.40. The largest absolute Gasteiger partial charge is 0.868 e. The molecule has 1 unspecified atom stereocenters. The second kappa shape index (κ2) is 12.7. The van der Waals surface area contributed by atoms with Gasteiger partial charge in [-0.3, -0.25) is 9.36 Å². The molecule has 2 aromatic carbocycles. The first-order valence-electron chi connectivity index (χ1n) is 12.3. The van der Waals surface area contributed by atoms with Crippen molar-refractivity contribution in [1.82, 2.24) is 9.55 Å². The van der Waals surface area contributed by atoms with E-state index < -0.39 is 10.9 Å². The number of benzene rings is 2. The van der Waals surface area contributed by atoms with Crippen LogP contribution in [0, 0.1) is 0 Å². The molecule has 0 aliphatic rings. The quantitative estimate of drug-likeness (QED) is 0.194. The number of methoxy groups -OCH3 is 4. The van der Waals surface area contributed by atoms with E-state index in [2.05, 4.69) is 4.98 Å². The smallest absolute Gasteiger partial charge is 0.307 e. The van der Waals surface area contributed by atoms with Crippen LogP contribution in [0.3, 0.4) is 0 Å². The number of nitrogens with zero attached hydrogens (tertiary/aromatic N) is 2. The van der Waals surface area contributed by atoms with Crippen molar-refractivity contribution in [2.75, 3.05) is 47.1 Å². The van der Waals surface area contributed by atoms with Gasteiger partial charge in [0.25, 0.3) is 0 Å². The van der Waals surface area contributed by atoms with E-state index in [-0.39, 0.29) is 16.2 Å². The van der Waals surface area contributed by atoms with Crippen LogP contribution in [-0.4, -0.2) is 56.6 Å². The van der Waals surface area contributed by atoms with Gasteiger partial charge in [-0.05, 0) is 29.5 Å². The highest BCUT2D eigenvalue weighted by Gasteiger charge is 2.25. The number of pyridine rings is 2. The summed E-state index contributed by atoms with van der Waals surface area (Å²) in [5.41, 5.74) is 0.984. The molecular weight excluding hydrogens is 520 g/mol. The Morgan fingerprint density at radius 2 is 1.62 bits per heavy atom. The Morgan fingerprint density at radius 3 is 2.23 bits per heavy atom. The van der Waals surface area contributed by atoms with Crippen molar-refractivity contribution in [2.45, 2.75) is 17.9 Å². The maximum atomic E-state index is 13.7. The minimum Gasteiger partial charge on any atom is -0.868 e. The lowest BCUT2D eigenvalue weighted by Crippen LogP contribution is -2.30. The van der Waals surface area contributed by atoms with Crippen LogP contribution in [-0.2, 0) is 17.4 Å². The van der Waals surface area contributed by atoms with Gasteiger partial charge >= 0.3 is 5.56 Å². The lowest BCUT2D eigenvalue weighted by Gasteiger charge is -2.19. The van der Waals surface area contributed by atoms with Gasteiger partial charge in [-0.1, -0.05) is 18.2 Å². The second-order valence-electron chi connectivity index (χ2n) is 8.68. The van der Waals surface area contributed by atoms with Gasteiger partial charge in [0.05, 0.1) is 41.6 Å². The van der Waals surface area contributed by atoms with Crippen molar-refractivity contribution < 1.29 is 28.8 Å². The molecule has 39 heavy (non-hydrogen) atoms. The SMILES string of the molecule is COc1ccc(Cn2c(=O)c([S+](C)CCCOc3cc(OC)c(OC)c(OC)c3)c([O-])c3cccnc32)cc1. The Labute approximate surface area is 230 Å². The van der Waals surface area contributed by atoms with Gasteiger partial charge in [-0.25, -0.2) is 4.98 Å². The standard InChI is InChI=1S/C29H32N2O7S/c1-34-20-11-9-19(10-12-20)18-31-28-22(8-6-13-30-28)25(32)27(29(31)33)39(5)15-7-14-38-21-16-23(35-2)26(37-4)24(17-21)36-3/h6,8-13,16-17H,7,14-15,18H2,1-5H3. The zero-order chi connectivity index (χ0) is 27.9. The third-order valence-corrected chi connectivity index (χ3v) is 8.24. The van der Waals surface area contributed by atoms with Gasteiger partial charge in [0.1, 0.15) is 29.2 Å². The summed E-state index contributed by atoms with van der Waals surface area (Å²) in [6, 6.07) is 14.4. The van der Waals surface area contributed by atoms with Crippen molar-refractivity contribution in [1.29, 1.82) is 0 Å². The lowest BCUT2D eigenvalue weighted by atomic mass is 10.2. The molecule has 0 bridgehead atoms. The third kappa shape index (κ3) is 6.01. The maximum Gasteiger partial charge on any atom is 0.307 e. The van der Waals surface area contributed by atoms with Crippen molar-refractivity contribution in [3.05, 3.63) is 70.6 Å². The van der Waals surface area contributed by atoms with Gasteiger partial charge < -0.3 is 28.8 Å². The summed E-state index contributed by atoms with van der Waals surface area (Å²) in [7, 11) is 5.64. The van der Waals surface area contributed by atoms with Crippen molar-refractivity contribution in [3.8, 4) is 34.5 Å². The highest BCUT2D eigenvalue weighted by molar-refractivity contribution is 7.96. The van der Waals surface area contributed by atoms with Crippen LogP contribution in [0.2, 0.25) is 0 Å². The number of fused-ring (bicyclic) bond motifs is 1. The monoisotopic (exact) mass is 552 g/mol. The molecule has 0 N–H and O–H groups in total. The van der Waals surface area contributed by atoms with E-state index in [9.17, 15) is 9.90 Å². The Hall–Kier alpha value is -4.05. The molecule has 2 aromatic heterocycles. The van der Waals surface area contributed by atoms with E-state index in [0.29, 0.717) is 59.4 Å². The third-order valence-electron chi connectivity index (χ3n) is 6.28. The van der Waals surface area contributed by atoms with E-state index in [0.717, 1.165) is 11.3 Å². The number of rotatable bonds is 12. The number of hydrogen-bond donors (Lipinski definition) is 0. The Bertz CT molecular complexity index is 1460. The maximum absolute atomic E-state index is 13.7. The predicted molar refractivity (Wildman–Crippen MR) is 150 cm³/mol. The highest BCUT2D eigenvalue weighted by atomic mass is 32.2. The van der Waals surface area contributed by atoms with Gasteiger partial charge in [0.2, 0.25) is 10.6 Å². The summed E-state index contributed by atoms with van der Waals surface area (Å²) >= 11 is 0. The van der Waals surface area contributed by atoms with Gasteiger partial charge in [-0.2, -0.15) is 0 Å². The Kier molecular flexibility index (Phi) is 9.08. The zero-order valence-electron chi connectivity index (χ0n) is 22.7. The van der Waals surface area contributed by atoms with E-state index in [4.69, 9.17) is 23.7 Å². The summed E-state index contributed by atoms with van der Waals surface area (Å²) in [6.45, 7) is 0.685. The van der Waals surface area contributed by atoms with Crippen LogP contribution < -0.4 is 34.4 Å². The molecule has 9 nitrogen and oxygen atoms in total. The summed E-state index contributed by atoms with van der Waals surface area (Å²) in [5.74, 6) is 3.15. The Morgan fingerprint density at radius 1 is 0.923 bits per heavy atom. The van der Waals surface area contributed by atoms with Gasteiger partial charge in [0.15, 0.2) is 11.5 Å². The summed E-state index contributed by atoms with van der Waals surface area (Å²) < 4.78 is 28.9. The molecule has 1 atom stereocenters. The molecule has 10 heteroatoms. The van der Waals surface area contributed by atoms with Gasteiger partial charge in [-0.15, -0.1) is 0 Å². The van der Waals surface area contributed by atoms with E-state index in [1.165, 1.54) is 0 Å². The molecule has 0 aliphatic carbocycles. The zero-order valence-corrected chi connectivity index (χ0v) is 23.5. The van der Waals surface area contributed by atoms with Crippen LogP contribution in [0.25, 0.3) is 11.0 Å². The van der Waals surface area contributed by atoms with Crippen LogP contribution in [0.4, 0.5) is 0 Å². The number of ether oxygens (including phenoxy) is 5. The van der Waals surface area contributed by atoms with Gasteiger partial charge in [0, 0.05) is 41.0 Å². The van der Waals surface area contributed by atoms with E-state index in [1.807, 2.05) is 30.5 Å². The second-order valence-corrected chi connectivity index (χ2v) is 10.8. The first-order valence-corrected chi connectivity index (χ1v) is 14.1. The minimum atomic E-state index is -0.604. The fourth-order valence-electron chi connectivity index (χ4n) is 4.30. The molecule has 0 saturated carbocycles. The first-order chi connectivity index (χ1) is 18.9. The normalized spacial score (nSPS) is 11.7. The average Bonchev–Trinajstić information content (AvgIpc) is 2.97. The molecular formula is C29H32N2O7S. The van der Waals surface area contributed by atoms with E-state index in [1.54, 1.807) is 63.5 Å². The summed E-state index contributed by atoms with van der Waals surface area (Å²) in [4.78, 5) is 18.3. The number of hydrogen-bond acceptors (Lipinski definition) is 8. The molecule has 0 radical (unpaired) electrons. The van der Waals surface area contributed by atoms with Crippen LogP contribution in [0.15, 0.2) is 64.4 Å². The molecule has 0 saturated heterocycles. The van der Waals surface area contributed by atoms with Crippen LogP contribution in [0.5, 0.6) is 34.5 Å². The molecule has 2 heterocycles.